The first-order valence-corrected chi connectivity index (χ1v) is 9.65. The zero-order valence-electron chi connectivity index (χ0n) is 16.6. The number of hydrogen-bond donors (Lipinski definition) is 0. The van der Waals surface area contributed by atoms with Crippen molar-refractivity contribution >= 4 is 27.5 Å². The molecule has 158 valence electrons. The highest BCUT2D eigenvalue weighted by Gasteiger charge is 2.46. The lowest BCUT2D eigenvalue weighted by atomic mass is 9.93. The fourth-order valence-corrected chi connectivity index (χ4v) is 3.79. The molecule has 0 radical (unpaired) electrons. The Labute approximate surface area is 177 Å². The van der Waals surface area contributed by atoms with E-state index in [4.69, 9.17) is 9.47 Å². The van der Waals surface area contributed by atoms with Crippen molar-refractivity contribution in [3.05, 3.63) is 96.1 Å². The van der Waals surface area contributed by atoms with E-state index in [1.165, 1.54) is 7.11 Å². The zero-order chi connectivity index (χ0) is 22.0. The molecule has 3 nitrogen and oxygen atoms in total. The Morgan fingerprint density at radius 3 is 1.84 bits per heavy atom. The summed E-state index contributed by atoms with van der Waals surface area (Å²) in [5, 5.41) is 2.02. The minimum Gasteiger partial charge on any atom is -0.445 e. The quantitative estimate of drug-likeness (QED) is 0.270. The van der Waals surface area contributed by atoms with Gasteiger partial charge < -0.3 is 9.47 Å². The first-order valence-electron chi connectivity index (χ1n) is 9.65. The zero-order valence-corrected chi connectivity index (χ0v) is 16.6. The summed E-state index contributed by atoms with van der Waals surface area (Å²) in [5.74, 6) is -1.10. The van der Waals surface area contributed by atoms with Crippen LogP contribution in [0.15, 0.2) is 84.9 Å². The van der Waals surface area contributed by atoms with Crippen LogP contribution in [0.25, 0.3) is 21.5 Å². The summed E-state index contributed by atoms with van der Waals surface area (Å²) in [5.41, 5.74) is 0.330. The van der Waals surface area contributed by atoms with E-state index in [9.17, 15) is 18.0 Å². The van der Waals surface area contributed by atoms with Crippen molar-refractivity contribution in [3.8, 4) is 0 Å². The summed E-state index contributed by atoms with van der Waals surface area (Å²) < 4.78 is 53.1. The molecule has 0 aliphatic carbocycles. The van der Waals surface area contributed by atoms with Gasteiger partial charge in [-0.05, 0) is 33.2 Å². The van der Waals surface area contributed by atoms with Gasteiger partial charge in [0.1, 0.15) is 0 Å². The molecule has 4 rings (SSSR count). The van der Waals surface area contributed by atoms with Crippen LogP contribution in [0, 0.1) is 0 Å². The molecule has 0 aliphatic heterocycles. The van der Waals surface area contributed by atoms with E-state index in [1.54, 1.807) is 78.9 Å². The van der Waals surface area contributed by atoms with Crippen LogP contribution < -0.4 is 0 Å². The molecular weight excluding hydrogens is 405 g/mol. The van der Waals surface area contributed by atoms with Gasteiger partial charge in [-0.15, -0.1) is 0 Å². The molecule has 0 heterocycles. The lowest BCUT2D eigenvalue weighted by molar-refractivity contribution is -0.228. The number of carbonyl (C=O) groups is 1. The molecule has 0 saturated heterocycles. The van der Waals surface area contributed by atoms with Crippen molar-refractivity contribution in [2.45, 2.75) is 18.4 Å². The van der Waals surface area contributed by atoms with Crippen LogP contribution in [0.2, 0.25) is 0 Å². The van der Waals surface area contributed by atoms with Gasteiger partial charge in [0.25, 0.3) is 0 Å². The van der Waals surface area contributed by atoms with Gasteiger partial charge >= 0.3 is 12.1 Å². The number of carbonyl (C=O) groups excluding carboxylic acids is 1. The molecule has 0 spiro atoms. The number of rotatable bonds is 5. The van der Waals surface area contributed by atoms with Crippen molar-refractivity contribution in [2.75, 3.05) is 7.11 Å². The highest BCUT2D eigenvalue weighted by molar-refractivity contribution is 6.02. The van der Waals surface area contributed by atoms with Gasteiger partial charge in [-0.25, -0.2) is 4.79 Å². The van der Waals surface area contributed by atoms with E-state index in [-0.39, 0.29) is 5.56 Å². The predicted octanol–water partition coefficient (Wildman–Crippen LogP) is 6.53. The molecule has 4 aromatic carbocycles. The second kappa shape index (κ2) is 8.40. The van der Waals surface area contributed by atoms with E-state index in [0.717, 1.165) is 0 Å². The third kappa shape index (κ3) is 4.11. The number of hydrogen-bond acceptors (Lipinski definition) is 3. The number of halogens is 3. The molecule has 4 aromatic rings. The number of methoxy groups -OCH3 is 1. The van der Waals surface area contributed by atoms with E-state index in [2.05, 4.69) is 0 Å². The smallest absolute Gasteiger partial charge is 0.429 e. The fourth-order valence-electron chi connectivity index (χ4n) is 3.79. The Bertz CT molecular complexity index is 1170. The van der Waals surface area contributed by atoms with Gasteiger partial charge in [0.15, 0.2) is 6.10 Å². The van der Waals surface area contributed by atoms with Crippen molar-refractivity contribution in [1.29, 1.82) is 0 Å². The van der Waals surface area contributed by atoms with Gasteiger partial charge in [-0.3, -0.25) is 0 Å². The Hall–Kier alpha value is -3.38. The Kier molecular flexibility index (Phi) is 5.65. The minimum atomic E-state index is -4.82. The largest absolute Gasteiger partial charge is 0.445 e. The molecule has 31 heavy (non-hydrogen) atoms. The average Bonchev–Trinajstić information content (AvgIpc) is 2.76. The van der Waals surface area contributed by atoms with Gasteiger partial charge in [0, 0.05) is 12.7 Å². The molecule has 0 fully saturated rings. The predicted molar refractivity (Wildman–Crippen MR) is 113 cm³/mol. The topological polar surface area (TPSA) is 35.5 Å². The molecule has 0 unspecified atom stereocenters. The highest BCUT2D eigenvalue weighted by Crippen LogP contribution is 2.43. The van der Waals surface area contributed by atoms with E-state index >= 15 is 0 Å². The highest BCUT2D eigenvalue weighted by atomic mass is 19.4. The van der Waals surface area contributed by atoms with Crippen LogP contribution in [0.3, 0.4) is 0 Å². The maximum absolute atomic E-state index is 14.3. The molecule has 0 aliphatic rings. The van der Waals surface area contributed by atoms with E-state index in [1.807, 2.05) is 6.07 Å². The number of esters is 1. The first-order chi connectivity index (χ1) is 14.9. The van der Waals surface area contributed by atoms with Crippen molar-refractivity contribution in [2.24, 2.45) is 0 Å². The number of alkyl halides is 3. The summed E-state index contributed by atoms with van der Waals surface area (Å²) in [6.07, 6.45) is -8.54. The standard InChI is InChI=1S/C25H19F3O3/c1-30-22(16-9-3-2-4-10-16)24(29)31-23(25(26,27)28)21-19-13-7-5-11-17(19)15-18-12-6-8-14-20(18)21/h2-15,22-23H,1H3/t22-,23-/m0/s1. The maximum Gasteiger partial charge on any atom is 0.429 e. The van der Waals surface area contributed by atoms with Crippen LogP contribution in [-0.4, -0.2) is 19.3 Å². The average molecular weight is 424 g/mol. The lowest BCUT2D eigenvalue weighted by Crippen LogP contribution is -2.29. The summed E-state index contributed by atoms with van der Waals surface area (Å²) in [4.78, 5) is 12.8. The van der Waals surface area contributed by atoms with Gasteiger partial charge in [-0.2, -0.15) is 13.2 Å². The number of fused-ring (bicyclic) bond motifs is 2. The normalized spacial score (nSPS) is 13.8. The lowest BCUT2D eigenvalue weighted by Gasteiger charge is -2.26. The number of benzene rings is 4. The molecule has 0 saturated carbocycles. The van der Waals surface area contributed by atoms with Crippen LogP contribution >= 0.6 is 0 Å². The van der Waals surface area contributed by atoms with Crippen molar-refractivity contribution in [3.63, 3.8) is 0 Å². The van der Waals surface area contributed by atoms with Crippen LogP contribution in [-0.2, 0) is 14.3 Å². The molecule has 0 amide bonds. The summed E-state index contributed by atoms with van der Waals surface area (Å²) in [6, 6.07) is 23.6. The van der Waals surface area contributed by atoms with Crippen LogP contribution in [0.1, 0.15) is 23.3 Å². The summed E-state index contributed by atoms with van der Waals surface area (Å²) in [6.45, 7) is 0. The minimum absolute atomic E-state index is 0.0857. The Balaban J connectivity index is 1.86. The molecule has 0 aromatic heterocycles. The van der Waals surface area contributed by atoms with Crippen molar-refractivity contribution in [1.82, 2.24) is 0 Å². The fraction of sp³-hybridized carbons (Fsp3) is 0.160. The van der Waals surface area contributed by atoms with Gasteiger partial charge in [0.05, 0.1) is 0 Å². The monoisotopic (exact) mass is 424 g/mol. The molecule has 2 atom stereocenters. The summed E-state index contributed by atoms with van der Waals surface area (Å²) >= 11 is 0. The number of ether oxygens (including phenoxy) is 2. The molecule has 0 bridgehead atoms. The molecule has 6 heteroatoms. The van der Waals surface area contributed by atoms with E-state index in [0.29, 0.717) is 27.1 Å². The van der Waals surface area contributed by atoms with E-state index < -0.39 is 24.4 Å². The second-order valence-electron chi connectivity index (χ2n) is 7.12. The van der Waals surface area contributed by atoms with Gasteiger partial charge in [0.2, 0.25) is 6.10 Å². The second-order valence-corrected chi connectivity index (χ2v) is 7.12. The third-order valence-electron chi connectivity index (χ3n) is 5.16. The SMILES string of the molecule is CO[C@H](C(=O)O[C@@H](c1c2ccccc2cc2ccccc12)C(F)(F)F)c1ccccc1. The molecular formula is C25H19F3O3. The van der Waals surface area contributed by atoms with Crippen LogP contribution in [0.4, 0.5) is 13.2 Å². The van der Waals surface area contributed by atoms with Crippen molar-refractivity contribution < 1.29 is 27.4 Å². The molecule has 0 N–H and O–H groups in total. The van der Waals surface area contributed by atoms with Gasteiger partial charge in [-0.1, -0.05) is 78.9 Å². The first kappa shape index (κ1) is 20.9. The Morgan fingerprint density at radius 1 is 0.806 bits per heavy atom. The summed E-state index contributed by atoms with van der Waals surface area (Å²) in [7, 11) is 1.26. The third-order valence-corrected chi connectivity index (χ3v) is 5.16. The Morgan fingerprint density at radius 2 is 1.32 bits per heavy atom. The maximum atomic E-state index is 14.3. The van der Waals surface area contributed by atoms with Crippen LogP contribution in [0.5, 0.6) is 0 Å².